The fourth-order valence-corrected chi connectivity index (χ4v) is 2.93. The van der Waals surface area contributed by atoms with Crippen molar-refractivity contribution in [2.75, 3.05) is 11.5 Å². The molecule has 0 aliphatic carbocycles. The van der Waals surface area contributed by atoms with E-state index in [1.807, 2.05) is 13.8 Å². The molecule has 0 spiro atoms. The van der Waals surface area contributed by atoms with E-state index in [9.17, 15) is 4.39 Å². The topological polar surface area (TPSA) is 35.2 Å². The van der Waals surface area contributed by atoms with Crippen LogP contribution >= 0.6 is 11.8 Å². The number of hydrogen-bond acceptors (Lipinski definition) is 3. The number of rotatable bonds is 4. The summed E-state index contributed by atoms with van der Waals surface area (Å²) >= 11 is 1.79. The van der Waals surface area contributed by atoms with Crippen LogP contribution in [-0.2, 0) is 6.42 Å². The summed E-state index contributed by atoms with van der Waals surface area (Å²) in [6.45, 7) is 4.03. The van der Waals surface area contributed by atoms with Crippen LogP contribution in [0.4, 0.5) is 4.39 Å². The molecule has 1 heterocycles. The zero-order valence-electron chi connectivity index (χ0n) is 10.2. The lowest BCUT2D eigenvalue weighted by Gasteiger charge is -2.18. The Labute approximate surface area is 106 Å². The van der Waals surface area contributed by atoms with Crippen LogP contribution in [0.25, 0.3) is 0 Å². The van der Waals surface area contributed by atoms with E-state index >= 15 is 0 Å². The Morgan fingerprint density at radius 2 is 2.29 bits per heavy atom. The van der Waals surface area contributed by atoms with Gasteiger partial charge in [0.1, 0.15) is 17.7 Å². The van der Waals surface area contributed by atoms with Crippen molar-refractivity contribution in [2.45, 2.75) is 31.9 Å². The van der Waals surface area contributed by atoms with Crippen molar-refractivity contribution < 1.29 is 9.13 Å². The van der Waals surface area contributed by atoms with Crippen LogP contribution in [0.2, 0.25) is 0 Å². The normalized spacial score (nSPS) is 18.9. The minimum absolute atomic E-state index is 0.151. The second-order valence-corrected chi connectivity index (χ2v) is 6.23. The van der Waals surface area contributed by atoms with Crippen LogP contribution < -0.4 is 10.5 Å². The molecule has 1 aliphatic heterocycles. The maximum absolute atomic E-state index is 13.0. The second kappa shape index (κ2) is 4.86. The number of ether oxygens (including phenoxy) is 1. The van der Waals surface area contributed by atoms with E-state index in [1.54, 1.807) is 23.9 Å². The van der Waals surface area contributed by atoms with Crippen LogP contribution in [0.1, 0.15) is 19.4 Å². The van der Waals surface area contributed by atoms with Gasteiger partial charge in [-0.1, -0.05) is 0 Å². The first-order valence-electron chi connectivity index (χ1n) is 5.76. The summed E-state index contributed by atoms with van der Waals surface area (Å²) < 4.78 is 18.8. The van der Waals surface area contributed by atoms with Gasteiger partial charge in [-0.3, -0.25) is 0 Å². The Balaban J connectivity index is 1.84. The first-order chi connectivity index (χ1) is 7.94. The molecule has 0 radical (unpaired) electrons. The van der Waals surface area contributed by atoms with Crippen LogP contribution in [0.5, 0.6) is 5.75 Å². The number of hydrogen-bond donors (Lipinski definition) is 1. The van der Waals surface area contributed by atoms with Gasteiger partial charge in [-0.25, -0.2) is 4.39 Å². The molecular weight excluding hydrogens is 237 g/mol. The van der Waals surface area contributed by atoms with Crippen LogP contribution in [-0.4, -0.2) is 23.1 Å². The van der Waals surface area contributed by atoms with E-state index in [0.29, 0.717) is 0 Å². The smallest absolute Gasteiger partial charge is 0.123 e. The summed E-state index contributed by atoms with van der Waals surface area (Å²) in [7, 11) is 0. The zero-order chi connectivity index (χ0) is 12.5. The number of thioether (sulfide) groups is 1. The van der Waals surface area contributed by atoms with Gasteiger partial charge in [-0.15, -0.1) is 0 Å². The van der Waals surface area contributed by atoms with E-state index in [2.05, 4.69) is 0 Å². The first-order valence-corrected chi connectivity index (χ1v) is 6.91. The molecule has 0 saturated heterocycles. The average molecular weight is 255 g/mol. The molecule has 1 aliphatic rings. The lowest BCUT2D eigenvalue weighted by atomic mass is 10.1. The Morgan fingerprint density at radius 3 is 3.00 bits per heavy atom. The van der Waals surface area contributed by atoms with Crippen LogP contribution in [0, 0.1) is 5.82 Å². The molecular formula is C13H18FNOS. The predicted molar refractivity (Wildman–Crippen MR) is 70.1 cm³/mol. The minimum Gasteiger partial charge on any atom is -0.489 e. The van der Waals surface area contributed by atoms with Crippen molar-refractivity contribution in [3.63, 3.8) is 0 Å². The largest absolute Gasteiger partial charge is 0.489 e. The quantitative estimate of drug-likeness (QED) is 0.898. The van der Waals surface area contributed by atoms with E-state index in [0.717, 1.165) is 29.2 Å². The molecule has 17 heavy (non-hydrogen) atoms. The van der Waals surface area contributed by atoms with E-state index < -0.39 is 0 Å². The monoisotopic (exact) mass is 255 g/mol. The molecule has 0 saturated carbocycles. The first kappa shape index (κ1) is 12.7. The summed E-state index contributed by atoms with van der Waals surface area (Å²) in [5.74, 6) is 2.43. The predicted octanol–water partition coefficient (Wildman–Crippen LogP) is 2.60. The van der Waals surface area contributed by atoms with Crippen molar-refractivity contribution >= 4 is 11.8 Å². The van der Waals surface area contributed by atoms with Crippen molar-refractivity contribution in [3.05, 3.63) is 29.6 Å². The van der Waals surface area contributed by atoms with Gasteiger partial charge in [0.15, 0.2) is 0 Å². The third-order valence-electron chi connectivity index (χ3n) is 2.54. The Bertz CT molecular complexity index is 403. The van der Waals surface area contributed by atoms with Gasteiger partial charge in [0, 0.05) is 29.0 Å². The van der Waals surface area contributed by atoms with Gasteiger partial charge in [0.05, 0.1) is 0 Å². The molecule has 4 heteroatoms. The van der Waals surface area contributed by atoms with E-state index in [-0.39, 0.29) is 17.5 Å². The SMILES string of the molecule is CC(C)(N)CSCC1Cc2cc(F)ccc2O1. The number of nitrogens with two attached hydrogens (primary N) is 1. The highest BCUT2D eigenvalue weighted by atomic mass is 32.2. The molecule has 0 amide bonds. The van der Waals surface area contributed by atoms with Gasteiger partial charge < -0.3 is 10.5 Å². The van der Waals surface area contributed by atoms with Gasteiger partial charge in [0.25, 0.3) is 0 Å². The Hall–Kier alpha value is -0.740. The lowest BCUT2D eigenvalue weighted by molar-refractivity contribution is 0.259. The van der Waals surface area contributed by atoms with Gasteiger partial charge in [0.2, 0.25) is 0 Å². The van der Waals surface area contributed by atoms with Crippen LogP contribution in [0.3, 0.4) is 0 Å². The molecule has 2 N–H and O–H groups in total. The molecule has 0 fully saturated rings. The molecule has 1 unspecified atom stereocenters. The highest BCUT2D eigenvalue weighted by molar-refractivity contribution is 7.99. The highest BCUT2D eigenvalue weighted by Gasteiger charge is 2.23. The Morgan fingerprint density at radius 1 is 1.53 bits per heavy atom. The summed E-state index contributed by atoms with van der Waals surface area (Å²) in [4.78, 5) is 0. The molecule has 2 rings (SSSR count). The summed E-state index contributed by atoms with van der Waals surface area (Å²) in [6, 6.07) is 4.71. The molecule has 0 aromatic heterocycles. The van der Waals surface area contributed by atoms with Crippen molar-refractivity contribution in [1.82, 2.24) is 0 Å². The number of fused-ring (bicyclic) bond motifs is 1. The highest BCUT2D eigenvalue weighted by Crippen LogP contribution is 2.30. The van der Waals surface area contributed by atoms with E-state index in [4.69, 9.17) is 10.5 Å². The maximum Gasteiger partial charge on any atom is 0.123 e. The fourth-order valence-electron chi connectivity index (χ4n) is 1.84. The average Bonchev–Trinajstić information content (AvgIpc) is 2.57. The van der Waals surface area contributed by atoms with Crippen molar-refractivity contribution in [3.8, 4) is 5.75 Å². The summed E-state index contributed by atoms with van der Waals surface area (Å²) in [5, 5.41) is 0. The van der Waals surface area contributed by atoms with Gasteiger partial charge in [-0.2, -0.15) is 11.8 Å². The van der Waals surface area contributed by atoms with Crippen molar-refractivity contribution in [2.24, 2.45) is 5.73 Å². The lowest BCUT2D eigenvalue weighted by Crippen LogP contribution is -2.35. The Kier molecular flexibility index (Phi) is 3.64. The molecule has 1 atom stereocenters. The third kappa shape index (κ3) is 3.61. The van der Waals surface area contributed by atoms with E-state index in [1.165, 1.54) is 6.07 Å². The molecule has 0 bridgehead atoms. The fraction of sp³-hybridized carbons (Fsp3) is 0.538. The van der Waals surface area contributed by atoms with Crippen molar-refractivity contribution in [1.29, 1.82) is 0 Å². The molecule has 94 valence electrons. The summed E-state index contributed by atoms with van der Waals surface area (Å²) in [6.07, 6.45) is 0.949. The summed E-state index contributed by atoms with van der Waals surface area (Å²) in [5.41, 5.74) is 6.74. The van der Waals surface area contributed by atoms with Gasteiger partial charge >= 0.3 is 0 Å². The molecule has 1 aromatic rings. The zero-order valence-corrected chi connectivity index (χ0v) is 11.0. The molecule has 1 aromatic carbocycles. The standard InChI is InChI=1S/C13H18FNOS/c1-13(2,15)8-17-7-11-6-9-5-10(14)3-4-12(9)16-11/h3-5,11H,6-8,15H2,1-2H3. The number of benzene rings is 1. The van der Waals surface area contributed by atoms with Gasteiger partial charge in [-0.05, 0) is 32.0 Å². The molecule has 2 nitrogen and oxygen atoms in total. The maximum atomic E-state index is 13.0. The van der Waals surface area contributed by atoms with Crippen LogP contribution in [0.15, 0.2) is 18.2 Å². The number of halogens is 1. The third-order valence-corrected chi connectivity index (χ3v) is 4.10. The second-order valence-electron chi connectivity index (χ2n) is 5.20. The minimum atomic E-state index is -0.191.